The van der Waals surface area contributed by atoms with Gasteiger partial charge in [0.2, 0.25) is 5.91 Å². The molecular weight excluding hydrogens is 381 g/mol. The number of urea groups is 1. The Bertz CT molecular complexity index is 948. The number of carboxylic acids is 1. The number of aliphatic carboxylic acids is 1. The van der Waals surface area contributed by atoms with Crippen LogP contribution in [0.5, 0.6) is 0 Å². The van der Waals surface area contributed by atoms with E-state index >= 15 is 0 Å². The van der Waals surface area contributed by atoms with E-state index in [2.05, 4.69) is 10.6 Å². The van der Waals surface area contributed by atoms with Crippen molar-refractivity contribution in [2.75, 3.05) is 11.9 Å². The van der Waals surface area contributed by atoms with Gasteiger partial charge < -0.3 is 15.7 Å². The molecule has 2 aromatic carbocycles. The van der Waals surface area contributed by atoms with Crippen LogP contribution >= 0.6 is 0 Å². The van der Waals surface area contributed by atoms with Crippen molar-refractivity contribution in [3.63, 3.8) is 0 Å². The first kappa shape index (κ1) is 20.0. The molecule has 1 aliphatic heterocycles. The molecule has 1 aliphatic rings. The van der Waals surface area contributed by atoms with Crippen LogP contribution in [0.15, 0.2) is 54.6 Å². The summed E-state index contributed by atoms with van der Waals surface area (Å²) in [4.78, 5) is 49.7. The molecule has 0 aliphatic carbocycles. The maximum absolute atomic E-state index is 13.1. The van der Waals surface area contributed by atoms with Crippen molar-refractivity contribution in [3.05, 3.63) is 66.0 Å². The summed E-state index contributed by atoms with van der Waals surface area (Å²) < 4.78 is 13.0. The van der Waals surface area contributed by atoms with Gasteiger partial charge in [0.1, 0.15) is 17.9 Å². The number of carboxylic acid groups (broad SMARTS) is 1. The molecule has 150 valence electrons. The Labute approximate surface area is 165 Å². The molecule has 0 aromatic heterocycles. The number of hydrogen-bond donors (Lipinski definition) is 3. The second-order valence-corrected chi connectivity index (χ2v) is 6.54. The van der Waals surface area contributed by atoms with E-state index in [1.807, 2.05) is 0 Å². The minimum Gasteiger partial charge on any atom is -0.481 e. The minimum absolute atomic E-state index is 0.160. The van der Waals surface area contributed by atoms with Crippen LogP contribution in [0.4, 0.5) is 14.9 Å². The van der Waals surface area contributed by atoms with E-state index in [0.717, 1.165) is 17.0 Å². The molecule has 1 saturated heterocycles. The van der Waals surface area contributed by atoms with Crippen molar-refractivity contribution >= 4 is 29.5 Å². The highest BCUT2D eigenvalue weighted by Gasteiger charge is 2.52. The van der Waals surface area contributed by atoms with Gasteiger partial charge in [-0.2, -0.15) is 0 Å². The van der Waals surface area contributed by atoms with Gasteiger partial charge in [0.05, 0.1) is 0 Å². The predicted octanol–water partition coefficient (Wildman–Crippen LogP) is 2.08. The first-order valence-electron chi connectivity index (χ1n) is 8.79. The van der Waals surface area contributed by atoms with E-state index in [-0.39, 0.29) is 12.8 Å². The van der Waals surface area contributed by atoms with Crippen LogP contribution in [0.1, 0.15) is 18.4 Å². The number of carbonyl (C=O) groups excluding carboxylic acids is 3. The van der Waals surface area contributed by atoms with E-state index < -0.39 is 41.7 Å². The Kier molecular flexibility index (Phi) is 5.58. The highest BCUT2D eigenvalue weighted by Crippen LogP contribution is 2.33. The van der Waals surface area contributed by atoms with Crippen LogP contribution in [-0.2, 0) is 19.9 Å². The largest absolute Gasteiger partial charge is 0.481 e. The van der Waals surface area contributed by atoms with Crippen molar-refractivity contribution in [3.8, 4) is 0 Å². The van der Waals surface area contributed by atoms with Gasteiger partial charge in [0, 0.05) is 12.1 Å². The molecule has 0 bridgehead atoms. The summed E-state index contributed by atoms with van der Waals surface area (Å²) in [6.45, 7) is -0.566. The van der Waals surface area contributed by atoms with Gasteiger partial charge in [0.15, 0.2) is 0 Å². The molecule has 4 amide bonds. The third kappa shape index (κ3) is 4.23. The lowest BCUT2D eigenvalue weighted by atomic mass is 9.85. The Hall–Kier alpha value is -3.75. The van der Waals surface area contributed by atoms with Crippen LogP contribution < -0.4 is 10.6 Å². The number of carbonyl (C=O) groups is 4. The van der Waals surface area contributed by atoms with E-state index in [0.29, 0.717) is 11.3 Å². The summed E-state index contributed by atoms with van der Waals surface area (Å²) in [6.07, 6.45) is -0.510. The SMILES string of the molecule is O=C(O)CC[C@@]1(c2ccccc2)NC(=O)N(CC(=O)Nc2ccc(F)cc2)C1=O. The summed E-state index contributed by atoms with van der Waals surface area (Å²) in [7, 11) is 0. The van der Waals surface area contributed by atoms with Crippen LogP contribution in [0.25, 0.3) is 0 Å². The van der Waals surface area contributed by atoms with E-state index in [4.69, 9.17) is 5.11 Å². The van der Waals surface area contributed by atoms with Gasteiger partial charge >= 0.3 is 12.0 Å². The maximum atomic E-state index is 13.1. The van der Waals surface area contributed by atoms with Gasteiger partial charge in [-0.05, 0) is 36.2 Å². The fraction of sp³-hybridized carbons (Fsp3) is 0.200. The quantitative estimate of drug-likeness (QED) is 0.617. The topological polar surface area (TPSA) is 116 Å². The average molecular weight is 399 g/mol. The van der Waals surface area contributed by atoms with Gasteiger partial charge in [-0.1, -0.05) is 30.3 Å². The van der Waals surface area contributed by atoms with Crippen LogP contribution in [0.3, 0.4) is 0 Å². The second kappa shape index (κ2) is 8.09. The first-order chi connectivity index (χ1) is 13.8. The Balaban J connectivity index is 1.80. The molecule has 0 saturated carbocycles. The summed E-state index contributed by atoms with van der Waals surface area (Å²) in [5.74, 6) is -2.94. The number of nitrogens with zero attached hydrogens (tertiary/aromatic N) is 1. The monoisotopic (exact) mass is 399 g/mol. The zero-order valence-corrected chi connectivity index (χ0v) is 15.2. The molecule has 3 N–H and O–H groups in total. The Morgan fingerprint density at radius 3 is 2.34 bits per heavy atom. The van der Waals surface area contributed by atoms with Gasteiger partial charge in [-0.3, -0.25) is 19.3 Å². The van der Waals surface area contributed by atoms with Gasteiger partial charge in [-0.25, -0.2) is 9.18 Å². The van der Waals surface area contributed by atoms with Crippen molar-refractivity contribution in [1.82, 2.24) is 10.2 Å². The molecular formula is C20H18FN3O5. The summed E-state index contributed by atoms with van der Waals surface area (Å²) >= 11 is 0. The summed E-state index contributed by atoms with van der Waals surface area (Å²) in [5.41, 5.74) is -0.822. The zero-order valence-electron chi connectivity index (χ0n) is 15.2. The average Bonchev–Trinajstić information content (AvgIpc) is 2.94. The molecule has 0 unspecified atom stereocenters. The Morgan fingerprint density at radius 1 is 1.07 bits per heavy atom. The normalized spacial score (nSPS) is 18.4. The summed E-state index contributed by atoms with van der Waals surface area (Å²) in [5, 5.41) is 14.1. The molecule has 3 rings (SSSR count). The van der Waals surface area contributed by atoms with E-state index in [9.17, 15) is 23.6 Å². The molecule has 8 nitrogen and oxygen atoms in total. The van der Waals surface area contributed by atoms with E-state index in [1.54, 1.807) is 30.3 Å². The van der Waals surface area contributed by atoms with Crippen molar-refractivity contribution in [2.45, 2.75) is 18.4 Å². The lowest BCUT2D eigenvalue weighted by Gasteiger charge is -2.26. The number of benzene rings is 2. The molecule has 1 atom stereocenters. The first-order valence-corrected chi connectivity index (χ1v) is 8.79. The van der Waals surface area contributed by atoms with Crippen LogP contribution in [0.2, 0.25) is 0 Å². The molecule has 0 radical (unpaired) electrons. The number of amides is 4. The molecule has 2 aromatic rings. The zero-order chi connectivity index (χ0) is 21.0. The van der Waals surface area contributed by atoms with Gasteiger partial charge in [-0.15, -0.1) is 0 Å². The Morgan fingerprint density at radius 2 is 1.72 bits per heavy atom. The summed E-state index contributed by atoms with van der Waals surface area (Å²) in [6, 6.07) is 12.5. The number of halogens is 1. The standard InChI is InChI=1S/C20H18FN3O5/c21-14-6-8-15(9-7-14)22-16(25)12-24-18(28)20(23-19(24)29,11-10-17(26)27)13-4-2-1-3-5-13/h1-9H,10-12H2,(H,22,25)(H,23,29)(H,26,27)/t20-/m0/s1. The van der Waals surface area contributed by atoms with Crippen molar-refractivity contribution in [2.24, 2.45) is 0 Å². The number of hydrogen-bond acceptors (Lipinski definition) is 4. The molecule has 0 spiro atoms. The molecule has 1 fully saturated rings. The minimum atomic E-state index is -1.56. The van der Waals surface area contributed by atoms with Crippen LogP contribution in [0, 0.1) is 5.82 Å². The lowest BCUT2D eigenvalue weighted by Crippen LogP contribution is -2.45. The van der Waals surface area contributed by atoms with Crippen molar-refractivity contribution < 1.29 is 28.7 Å². The predicted molar refractivity (Wildman–Crippen MR) is 100 cm³/mol. The highest BCUT2D eigenvalue weighted by atomic mass is 19.1. The smallest absolute Gasteiger partial charge is 0.325 e. The number of rotatable bonds is 7. The lowest BCUT2D eigenvalue weighted by molar-refractivity contribution is -0.138. The second-order valence-electron chi connectivity index (χ2n) is 6.54. The maximum Gasteiger partial charge on any atom is 0.325 e. The highest BCUT2D eigenvalue weighted by molar-refractivity contribution is 6.10. The molecule has 29 heavy (non-hydrogen) atoms. The van der Waals surface area contributed by atoms with Crippen LogP contribution in [-0.4, -0.2) is 40.4 Å². The number of imide groups is 1. The van der Waals surface area contributed by atoms with Gasteiger partial charge in [0.25, 0.3) is 5.91 Å². The number of nitrogens with one attached hydrogen (secondary N) is 2. The molecule has 1 heterocycles. The van der Waals surface area contributed by atoms with Crippen molar-refractivity contribution in [1.29, 1.82) is 0 Å². The fourth-order valence-corrected chi connectivity index (χ4v) is 3.17. The molecule has 9 heteroatoms. The third-order valence-corrected chi connectivity index (χ3v) is 4.59. The number of anilines is 1. The van der Waals surface area contributed by atoms with E-state index in [1.165, 1.54) is 12.1 Å². The third-order valence-electron chi connectivity index (χ3n) is 4.59. The fourth-order valence-electron chi connectivity index (χ4n) is 3.17.